The molecule has 0 aliphatic carbocycles. The minimum Gasteiger partial charge on any atom is -0.490 e. The molecule has 0 N–H and O–H groups in total. The second-order valence-corrected chi connectivity index (χ2v) is 7.61. The van der Waals surface area contributed by atoms with Gasteiger partial charge in [-0.25, -0.2) is 4.39 Å². The maximum Gasteiger partial charge on any atom is 0.126 e. The fourth-order valence-corrected chi connectivity index (χ4v) is 4.42. The van der Waals surface area contributed by atoms with Crippen LogP contribution in [-0.4, -0.2) is 32.3 Å². The molecule has 0 aromatic heterocycles. The highest BCUT2D eigenvalue weighted by atomic mass is 19.1. The highest BCUT2D eigenvalue weighted by Gasteiger charge is 2.29. The second kappa shape index (κ2) is 6.49. The van der Waals surface area contributed by atoms with Gasteiger partial charge >= 0.3 is 0 Å². The van der Waals surface area contributed by atoms with Crippen molar-refractivity contribution in [1.82, 2.24) is 0 Å². The lowest BCUT2D eigenvalue weighted by Gasteiger charge is -2.39. The van der Waals surface area contributed by atoms with Gasteiger partial charge < -0.3 is 14.5 Å². The third-order valence-corrected chi connectivity index (χ3v) is 5.94. The summed E-state index contributed by atoms with van der Waals surface area (Å²) in [5, 5.41) is 0. The second-order valence-electron chi connectivity index (χ2n) is 7.61. The molecule has 0 saturated carbocycles. The zero-order chi connectivity index (χ0) is 18.4. The van der Waals surface area contributed by atoms with Crippen LogP contribution >= 0.6 is 0 Å². The van der Waals surface area contributed by atoms with Crippen LogP contribution in [0.5, 0.6) is 5.75 Å². The number of ether oxygens (including phenoxy) is 1. The van der Waals surface area contributed by atoms with Gasteiger partial charge in [0, 0.05) is 49.5 Å². The van der Waals surface area contributed by atoms with E-state index < -0.39 is 0 Å². The van der Waals surface area contributed by atoms with Crippen molar-refractivity contribution >= 4 is 11.4 Å². The first-order valence-corrected chi connectivity index (χ1v) is 9.50. The van der Waals surface area contributed by atoms with E-state index in [1.807, 2.05) is 12.1 Å². The molecule has 2 aromatic rings. The first-order valence-electron chi connectivity index (χ1n) is 9.50. The molecule has 1 unspecified atom stereocenters. The molecule has 0 radical (unpaired) electrons. The number of benzene rings is 2. The van der Waals surface area contributed by atoms with Gasteiger partial charge in [-0.3, -0.25) is 0 Å². The monoisotopic (exact) mass is 354 g/mol. The van der Waals surface area contributed by atoms with Gasteiger partial charge in [-0.15, -0.1) is 0 Å². The Hall–Kier alpha value is -2.23. The zero-order valence-electron chi connectivity index (χ0n) is 16.1. The molecule has 1 fully saturated rings. The Morgan fingerprint density at radius 2 is 1.50 bits per heavy atom. The Balaban J connectivity index is 1.58. The summed E-state index contributed by atoms with van der Waals surface area (Å²) < 4.78 is 19.2. The molecule has 2 aliphatic rings. The third-order valence-electron chi connectivity index (χ3n) is 5.94. The van der Waals surface area contributed by atoms with E-state index in [2.05, 4.69) is 37.5 Å². The number of hydrogen-bond donors (Lipinski definition) is 0. The predicted octanol–water partition coefficient (Wildman–Crippen LogP) is 4.40. The number of piperazine rings is 1. The number of halogens is 1. The predicted molar refractivity (Wildman–Crippen MR) is 105 cm³/mol. The average molecular weight is 354 g/mol. The molecule has 1 atom stereocenters. The summed E-state index contributed by atoms with van der Waals surface area (Å²) in [6, 6.07) is 6.83. The number of nitrogens with zero attached hydrogens (tertiary/aromatic N) is 2. The summed E-state index contributed by atoms with van der Waals surface area (Å²) in [6.45, 7) is 12.7. The number of anilines is 2. The minimum absolute atomic E-state index is 0.177. The van der Waals surface area contributed by atoms with Crippen LogP contribution in [0.2, 0.25) is 0 Å². The molecule has 4 rings (SSSR count). The third kappa shape index (κ3) is 2.81. The first kappa shape index (κ1) is 17.2. The maximum absolute atomic E-state index is 13.2. The van der Waals surface area contributed by atoms with Gasteiger partial charge in [-0.05, 0) is 68.7 Å². The summed E-state index contributed by atoms with van der Waals surface area (Å²) in [6.07, 6.45) is 1.28. The van der Waals surface area contributed by atoms with E-state index in [0.29, 0.717) is 0 Å². The molecule has 3 nitrogen and oxygen atoms in total. The summed E-state index contributed by atoms with van der Waals surface area (Å²) >= 11 is 0. The number of fused-ring (bicyclic) bond motifs is 1. The molecule has 2 heterocycles. The highest BCUT2D eigenvalue weighted by Crippen LogP contribution is 2.42. The smallest absolute Gasteiger partial charge is 0.126 e. The van der Waals surface area contributed by atoms with E-state index in [4.69, 9.17) is 4.74 Å². The van der Waals surface area contributed by atoms with Crippen molar-refractivity contribution in [2.24, 2.45) is 0 Å². The quantitative estimate of drug-likeness (QED) is 0.795. The molecule has 138 valence electrons. The van der Waals surface area contributed by atoms with E-state index in [1.165, 1.54) is 27.9 Å². The standard InChI is InChI=1S/C22H27FN2O/c1-14-13-20-17(4)21(15(2)16(3)22(20)26-14)25-11-9-24(10-12-25)19-7-5-18(23)6-8-19/h5-8,14H,9-13H2,1-4H3. The molecule has 26 heavy (non-hydrogen) atoms. The van der Waals surface area contributed by atoms with E-state index >= 15 is 0 Å². The van der Waals surface area contributed by atoms with Gasteiger partial charge in [0.2, 0.25) is 0 Å². The maximum atomic E-state index is 13.2. The minimum atomic E-state index is -0.177. The molecular formula is C22H27FN2O. The molecule has 2 aliphatic heterocycles. The molecule has 4 heteroatoms. The molecule has 2 aromatic carbocycles. The van der Waals surface area contributed by atoms with Gasteiger partial charge in [0.15, 0.2) is 0 Å². The van der Waals surface area contributed by atoms with E-state index in [0.717, 1.165) is 44.0 Å². The Morgan fingerprint density at radius 3 is 2.15 bits per heavy atom. The largest absolute Gasteiger partial charge is 0.490 e. The first-order chi connectivity index (χ1) is 12.5. The van der Waals surface area contributed by atoms with Crippen molar-refractivity contribution in [2.75, 3.05) is 36.0 Å². The van der Waals surface area contributed by atoms with Crippen LogP contribution in [0.4, 0.5) is 15.8 Å². The van der Waals surface area contributed by atoms with Crippen molar-refractivity contribution in [3.05, 3.63) is 52.3 Å². The van der Waals surface area contributed by atoms with E-state index in [1.54, 1.807) is 12.1 Å². The van der Waals surface area contributed by atoms with Crippen LogP contribution in [0, 0.1) is 26.6 Å². The van der Waals surface area contributed by atoms with Crippen molar-refractivity contribution in [3.63, 3.8) is 0 Å². The van der Waals surface area contributed by atoms with E-state index in [9.17, 15) is 4.39 Å². The van der Waals surface area contributed by atoms with Crippen molar-refractivity contribution in [3.8, 4) is 5.75 Å². The molecule has 0 spiro atoms. The normalized spacial score (nSPS) is 19.5. The van der Waals surface area contributed by atoms with Crippen LogP contribution in [-0.2, 0) is 6.42 Å². The summed E-state index contributed by atoms with van der Waals surface area (Å²) in [5.41, 5.74) is 7.88. The Morgan fingerprint density at radius 1 is 0.885 bits per heavy atom. The summed E-state index contributed by atoms with van der Waals surface area (Å²) in [7, 11) is 0. The fourth-order valence-electron chi connectivity index (χ4n) is 4.42. The topological polar surface area (TPSA) is 15.7 Å². The lowest BCUT2D eigenvalue weighted by Crippen LogP contribution is -2.47. The van der Waals surface area contributed by atoms with Gasteiger partial charge in [0.25, 0.3) is 0 Å². The van der Waals surface area contributed by atoms with Gasteiger partial charge in [0.05, 0.1) is 0 Å². The number of hydrogen-bond acceptors (Lipinski definition) is 3. The number of rotatable bonds is 2. The van der Waals surface area contributed by atoms with E-state index in [-0.39, 0.29) is 11.9 Å². The van der Waals surface area contributed by atoms with Crippen LogP contribution in [0.1, 0.15) is 29.2 Å². The van der Waals surface area contributed by atoms with Crippen LogP contribution in [0.3, 0.4) is 0 Å². The molecule has 0 bridgehead atoms. The van der Waals surface area contributed by atoms with Gasteiger partial charge in [-0.1, -0.05) is 0 Å². The molecule has 0 amide bonds. The Kier molecular flexibility index (Phi) is 4.29. The Bertz CT molecular complexity index is 823. The van der Waals surface area contributed by atoms with Gasteiger partial charge in [-0.2, -0.15) is 0 Å². The molecular weight excluding hydrogens is 327 g/mol. The Labute approximate surface area is 155 Å². The molecule has 1 saturated heterocycles. The van der Waals surface area contributed by atoms with Crippen LogP contribution in [0.15, 0.2) is 24.3 Å². The SMILES string of the molecule is Cc1c(C)c(N2CCN(c3ccc(F)cc3)CC2)c(C)c2c1OC(C)C2. The average Bonchev–Trinajstić information content (AvgIpc) is 3.04. The zero-order valence-corrected chi connectivity index (χ0v) is 16.1. The lowest BCUT2D eigenvalue weighted by atomic mass is 9.94. The van der Waals surface area contributed by atoms with Crippen LogP contribution in [0.25, 0.3) is 0 Å². The van der Waals surface area contributed by atoms with Crippen molar-refractivity contribution < 1.29 is 9.13 Å². The summed E-state index contributed by atoms with van der Waals surface area (Å²) in [4.78, 5) is 4.85. The lowest BCUT2D eigenvalue weighted by molar-refractivity contribution is 0.253. The van der Waals surface area contributed by atoms with Gasteiger partial charge in [0.1, 0.15) is 17.7 Å². The summed E-state index contributed by atoms with van der Waals surface area (Å²) in [5.74, 6) is 0.935. The van der Waals surface area contributed by atoms with Crippen LogP contribution < -0.4 is 14.5 Å². The fraction of sp³-hybridized carbons (Fsp3) is 0.455. The highest BCUT2D eigenvalue weighted by molar-refractivity contribution is 5.70. The van der Waals surface area contributed by atoms with Crippen molar-refractivity contribution in [1.29, 1.82) is 0 Å². The van der Waals surface area contributed by atoms with Crippen molar-refractivity contribution in [2.45, 2.75) is 40.2 Å².